The zero-order valence-electron chi connectivity index (χ0n) is 16.0. The molecule has 0 atom stereocenters. The zero-order chi connectivity index (χ0) is 20.4. The molecule has 4 rings (SSSR count). The number of rotatable bonds is 4. The van der Waals surface area contributed by atoms with E-state index in [9.17, 15) is 10.1 Å². The molecule has 1 saturated heterocycles. The molecule has 0 amide bonds. The number of carbonyl (C=O) groups is 1. The summed E-state index contributed by atoms with van der Waals surface area (Å²) in [6.07, 6.45) is 6.77. The van der Waals surface area contributed by atoms with Crippen LogP contribution in [0.4, 0.5) is 5.82 Å². The smallest absolute Gasteiger partial charge is 0.309 e. The van der Waals surface area contributed by atoms with Crippen LogP contribution in [0.1, 0.15) is 25.3 Å². The molecule has 3 aromatic rings. The van der Waals surface area contributed by atoms with Crippen LogP contribution in [0.15, 0.2) is 41.3 Å². The summed E-state index contributed by atoms with van der Waals surface area (Å²) in [4.78, 5) is 18.8. The molecule has 0 spiro atoms. The molecule has 0 radical (unpaired) electrons. The van der Waals surface area contributed by atoms with Crippen molar-refractivity contribution in [2.45, 2.75) is 19.8 Å². The molecule has 148 valence electrons. The molecule has 0 bridgehead atoms. The number of halogens is 1. The zero-order valence-corrected chi connectivity index (χ0v) is 17.6. The number of fused-ring (bicyclic) bond motifs is 1. The van der Waals surface area contributed by atoms with E-state index in [1.807, 2.05) is 37.5 Å². The van der Waals surface area contributed by atoms with Gasteiger partial charge in [-0.05, 0) is 53.9 Å². The van der Waals surface area contributed by atoms with Gasteiger partial charge in [0.05, 0.1) is 29.8 Å². The van der Waals surface area contributed by atoms with Gasteiger partial charge in [-0.2, -0.15) is 10.4 Å². The lowest BCUT2D eigenvalue weighted by Gasteiger charge is -2.31. The molecule has 3 aromatic heterocycles. The Hall–Kier alpha value is -2.92. The number of anilines is 1. The van der Waals surface area contributed by atoms with Gasteiger partial charge in [0, 0.05) is 41.1 Å². The highest BCUT2D eigenvalue weighted by Crippen LogP contribution is 2.31. The van der Waals surface area contributed by atoms with Crippen molar-refractivity contribution in [1.29, 1.82) is 5.26 Å². The SMILES string of the molecule is CCOC(=O)C1CCN(c2ccc(-c3cc(Br)cn4ncc(C#N)c34)cn2)CC1. The van der Waals surface area contributed by atoms with E-state index in [1.54, 1.807) is 10.7 Å². The second-order valence-electron chi connectivity index (χ2n) is 6.95. The fraction of sp³-hybridized carbons (Fsp3) is 0.333. The monoisotopic (exact) mass is 453 g/mol. The van der Waals surface area contributed by atoms with Crippen molar-refractivity contribution in [3.8, 4) is 17.2 Å². The molecular formula is C21H20BrN5O2. The average molecular weight is 454 g/mol. The van der Waals surface area contributed by atoms with Crippen LogP contribution < -0.4 is 4.90 Å². The minimum Gasteiger partial charge on any atom is -0.466 e. The average Bonchev–Trinajstić information content (AvgIpc) is 3.16. The summed E-state index contributed by atoms with van der Waals surface area (Å²) >= 11 is 3.51. The van der Waals surface area contributed by atoms with Crippen LogP contribution in [0.5, 0.6) is 0 Å². The van der Waals surface area contributed by atoms with Crippen molar-refractivity contribution in [3.63, 3.8) is 0 Å². The van der Waals surface area contributed by atoms with E-state index in [1.165, 1.54) is 0 Å². The summed E-state index contributed by atoms with van der Waals surface area (Å²) < 4.78 is 7.71. The molecule has 1 aliphatic rings. The second kappa shape index (κ2) is 8.21. The van der Waals surface area contributed by atoms with E-state index in [-0.39, 0.29) is 11.9 Å². The minimum atomic E-state index is -0.0942. The van der Waals surface area contributed by atoms with Crippen LogP contribution in [0.3, 0.4) is 0 Å². The van der Waals surface area contributed by atoms with Gasteiger partial charge in [0.1, 0.15) is 11.9 Å². The van der Waals surface area contributed by atoms with Gasteiger partial charge in [0.25, 0.3) is 0 Å². The summed E-state index contributed by atoms with van der Waals surface area (Å²) in [5.41, 5.74) is 3.10. The number of nitriles is 1. The molecular weight excluding hydrogens is 434 g/mol. The van der Waals surface area contributed by atoms with Gasteiger partial charge in [-0.3, -0.25) is 4.79 Å². The Morgan fingerprint density at radius 1 is 1.34 bits per heavy atom. The van der Waals surface area contributed by atoms with Gasteiger partial charge in [0.15, 0.2) is 0 Å². The first-order chi connectivity index (χ1) is 14.1. The van der Waals surface area contributed by atoms with Crippen LogP contribution in [0.2, 0.25) is 0 Å². The Bertz CT molecular complexity index is 1080. The van der Waals surface area contributed by atoms with Gasteiger partial charge in [-0.15, -0.1) is 0 Å². The maximum atomic E-state index is 11.9. The van der Waals surface area contributed by atoms with E-state index in [2.05, 4.69) is 37.0 Å². The lowest BCUT2D eigenvalue weighted by atomic mass is 9.97. The van der Waals surface area contributed by atoms with E-state index in [0.29, 0.717) is 12.2 Å². The second-order valence-corrected chi connectivity index (χ2v) is 7.87. The van der Waals surface area contributed by atoms with Crippen molar-refractivity contribution in [2.75, 3.05) is 24.6 Å². The first-order valence-corrected chi connectivity index (χ1v) is 10.3. The third-order valence-electron chi connectivity index (χ3n) is 5.20. The van der Waals surface area contributed by atoms with E-state index < -0.39 is 0 Å². The summed E-state index contributed by atoms with van der Waals surface area (Å²) in [6, 6.07) is 8.17. The van der Waals surface area contributed by atoms with Crippen molar-refractivity contribution in [1.82, 2.24) is 14.6 Å². The lowest BCUT2D eigenvalue weighted by molar-refractivity contribution is -0.148. The van der Waals surface area contributed by atoms with Gasteiger partial charge < -0.3 is 9.64 Å². The largest absolute Gasteiger partial charge is 0.466 e. The van der Waals surface area contributed by atoms with Gasteiger partial charge in [0.2, 0.25) is 0 Å². The third kappa shape index (κ3) is 3.83. The maximum absolute atomic E-state index is 11.9. The summed E-state index contributed by atoms with van der Waals surface area (Å²) in [6.45, 7) is 3.81. The molecule has 7 nitrogen and oxygen atoms in total. The molecule has 1 fully saturated rings. The highest BCUT2D eigenvalue weighted by atomic mass is 79.9. The Kier molecular flexibility index (Phi) is 5.49. The topological polar surface area (TPSA) is 83.5 Å². The highest BCUT2D eigenvalue weighted by molar-refractivity contribution is 9.10. The first kappa shape index (κ1) is 19.4. The molecule has 0 unspecified atom stereocenters. The molecule has 0 saturated carbocycles. The number of pyridine rings is 2. The van der Waals surface area contributed by atoms with Crippen LogP contribution in [-0.4, -0.2) is 40.3 Å². The summed E-state index contributed by atoms with van der Waals surface area (Å²) in [5.74, 6) is 0.769. The van der Waals surface area contributed by atoms with Gasteiger partial charge >= 0.3 is 5.97 Å². The van der Waals surface area contributed by atoms with Crippen molar-refractivity contribution >= 4 is 33.2 Å². The van der Waals surface area contributed by atoms with Crippen molar-refractivity contribution in [3.05, 3.63) is 46.8 Å². The normalized spacial score (nSPS) is 14.7. The van der Waals surface area contributed by atoms with Crippen molar-refractivity contribution < 1.29 is 9.53 Å². The van der Waals surface area contributed by atoms with Crippen LogP contribution in [-0.2, 0) is 9.53 Å². The number of hydrogen-bond acceptors (Lipinski definition) is 6. The molecule has 29 heavy (non-hydrogen) atoms. The fourth-order valence-electron chi connectivity index (χ4n) is 3.73. The number of carbonyl (C=O) groups excluding carboxylic acids is 1. The maximum Gasteiger partial charge on any atom is 0.309 e. The molecule has 8 heteroatoms. The molecule has 0 aliphatic carbocycles. The Balaban J connectivity index is 1.55. The molecule has 0 aromatic carbocycles. The number of esters is 1. The highest BCUT2D eigenvalue weighted by Gasteiger charge is 2.26. The van der Waals surface area contributed by atoms with E-state index >= 15 is 0 Å². The minimum absolute atomic E-state index is 0.0216. The third-order valence-corrected chi connectivity index (χ3v) is 5.63. The van der Waals surface area contributed by atoms with Crippen LogP contribution >= 0.6 is 15.9 Å². The number of nitrogens with zero attached hydrogens (tertiary/aromatic N) is 5. The quantitative estimate of drug-likeness (QED) is 0.558. The Morgan fingerprint density at radius 3 is 2.79 bits per heavy atom. The van der Waals surface area contributed by atoms with Crippen LogP contribution in [0.25, 0.3) is 16.6 Å². The lowest BCUT2D eigenvalue weighted by Crippen LogP contribution is -2.37. The number of hydrogen-bond donors (Lipinski definition) is 0. The number of piperidine rings is 1. The van der Waals surface area contributed by atoms with E-state index in [0.717, 1.165) is 52.9 Å². The molecule has 1 aliphatic heterocycles. The summed E-state index contributed by atoms with van der Waals surface area (Å²) in [7, 11) is 0. The predicted molar refractivity (Wildman–Crippen MR) is 112 cm³/mol. The summed E-state index contributed by atoms with van der Waals surface area (Å²) in [5, 5.41) is 13.7. The molecule has 0 N–H and O–H groups in total. The standard InChI is InChI=1S/C21H20BrN5O2/c1-2-29-21(28)14-5-7-26(8-6-14)19-4-3-15(11-24-19)18-9-17(22)13-27-20(18)16(10-23)12-25-27/h3-4,9,11-14H,2,5-8H2,1H3. The van der Waals surface area contributed by atoms with Crippen LogP contribution in [0, 0.1) is 17.2 Å². The van der Waals surface area contributed by atoms with Gasteiger partial charge in [-0.25, -0.2) is 9.50 Å². The first-order valence-electron chi connectivity index (χ1n) is 9.55. The number of aromatic nitrogens is 3. The fourth-order valence-corrected chi connectivity index (χ4v) is 4.15. The Morgan fingerprint density at radius 2 is 2.14 bits per heavy atom. The number of ether oxygens (including phenoxy) is 1. The Labute approximate surface area is 177 Å². The predicted octanol–water partition coefficient (Wildman–Crippen LogP) is 3.81. The van der Waals surface area contributed by atoms with Crippen molar-refractivity contribution in [2.24, 2.45) is 5.92 Å². The van der Waals surface area contributed by atoms with E-state index in [4.69, 9.17) is 4.74 Å². The molecule has 4 heterocycles. The van der Waals surface area contributed by atoms with Gasteiger partial charge in [-0.1, -0.05) is 0 Å².